The lowest BCUT2D eigenvalue weighted by molar-refractivity contribution is -0.203. The second kappa shape index (κ2) is 10.1. The van der Waals surface area contributed by atoms with Crippen LogP contribution < -0.4 is 0 Å². The van der Waals surface area contributed by atoms with Crippen molar-refractivity contribution >= 4 is 0 Å². The average molecular weight is 470 g/mol. The molecule has 0 saturated heterocycles. The maximum Gasteiger partial charge on any atom is 0.162 e. The molecule has 0 fully saturated rings. The molecule has 5 atom stereocenters. The summed E-state index contributed by atoms with van der Waals surface area (Å²) in [5, 5.41) is 60.5. The lowest BCUT2D eigenvalue weighted by atomic mass is 9.78. The van der Waals surface area contributed by atoms with Gasteiger partial charge in [-0.2, -0.15) is 0 Å². The Labute approximate surface area is 177 Å². The molecule has 0 aliphatic heterocycles. The quantitative estimate of drug-likeness (QED) is 0.234. The van der Waals surface area contributed by atoms with Gasteiger partial charge in [0.25, 0.3) is 0 Å². The van der Waals surface area contributed by atoms with E-state index in [0.29, 0.717) is 12.1 Å². The van der Waals surface area contributed by atoms with Crippen LogP contribution in [0.25, 0.3) is 0 Å². The number of aliphatic hydroxyl groups excluding tert-OH is 5. The van der Waals surface area contributed by atoms with Crippen molar-refractivity contribution in [1.82, 2.24) is 0 Å². The molecule has 12 heteroatoms. The predicted octanol–water partition coefficient (Wildman–Crippen LogP) is 0.473. The normalized spacial score (nSPS) is 17.5. The van der Waals surface area contributed by atoms with E-state index in [0.717, 1.165) is 0 Å². The Balaban J connectivity index is 2.45. The molecule has 2 rings (SSSR count). The van der Waals surface area contributed by atoms with Gasteiger partial charge in [-0.1, -0.05) is 0 Å². The molecule has 0 aliphatic carbocycles. The Hall–Kier alpha value is -2.22. The monoisotopic (exact) mass is 470 g/mol. The molecule has 0 amide bonds. The minimum atomic E-state index is -3.18. The summed E-state index contributed by atoms with van der Waals surface area (Å²) < 4.78 is 81.8. The van der Waals surface area contributed by atoms with E-state index in [1.165, 1.54) is 0 Å². The Morgan fingerprint density at radius 2 is 1.12 bits per heavy atom. The van der Waals surface area contributed by atoms with Crippen molar-refractivity contribution in [2.75, 3.05) is 6.61 Å². The third-order valence-electron chi connectivity index (χ3n) is 4.98. The van der Waals surface area contributed by atoms with Crippen molar-refractivity contribution < 1.29 is 57.0 Å². The summed E-state index contributed by atoms with van der Waals surface area (Å²) in [6, 6.07) is 1.26. The lowest BCUT2D eigenvalue weighted by Gasteiger charge is -2.40. The van der Waals surface area contributed by atoms with Crippen molar-refractivity contribution in [2.24, 2.45) is 0 Å². The van der Waals surface area contributed by atoms with Crippen LogP contribution in [0.15, 0.2) is 24.3 Å². The predicted molar refractivity (Wildman–Crippen MR) is 96.1 cm³/mol. The SMILES string of the molecule is OC[C@H](O)[C@@H](O)[C@@](O)(Cc1cc(F)cc(F)c1F)[C@H](O)C(O)Cc1cc(F)cc(F)c1F. The van der Waals surface area contributed by atoms with E-state index < -0.39 is 95.5 Å². The molecule has 0 aromatic heterocycles. The molecule has 6 nitrogen and oxygen atoms in total. The van der Waals surface area contributed by atoms with Gasteiger partial charge >= 0.3 is 0 Å². The Kier molecular flexibility index (Phi) is 8.26. The number of rotatable bonds is 9. The van der Waals surface area contributed by atoms with Crippen LogP contribution in [0.4, 0.5) is 26.3 Å². The summed E-state index contributed by atoms with van der Waals surface area (Å²) >= 11 is 0. The third kappa shape index (κ3) is 5.39. The zero-order chi connectivity index (χ0) is 24.4. The molecule has 2 aromatic carbocycles. The van der Waals surface area contributed by atoms with Crippen molar-refractivity contribution in [2.45, 2.75) is 42.9 Å². The van der Waals surface area contributed by atoms with Crippen molar-refractivity contribution in [3.8, 4) is 0 Å². The molecular formula is C20H20F6O6. The van der Waals surface area contributed by atoms with Gasteiger partial charge in [0.15, 0.2) is 23.3 Å². The molecule has 0 spiro atoms. The lowest BCUT2D eigenvalue weighted by Crippen LogP contribution is -2.62. The van der Waals surface area contributed by atoms with Gasteiger partial charge in [0, 0.05) is 25.0 Å². The number of hydrogen-bond donors (Lipinski definition) is 6. The zero-order valence-corrected chi connectivity index (χ0v) is 16.2. The number of aliphatic hydroxyl groups is 6. The van der Waals surface area contributed by atoms with E-state index in [9.17, 15) is 51.9 Å². The molecule has 6 N–H and O–H groups in total. The van der Waals surface area contributed by atoms with E-state index in [1.54, 1.807) is 0 Å². The molecule has 0 aliphatic rings. The third-order valence-corrected chi connectivity index (χ3v) is 4.98. The van der Waals surface area contributed by atoms with Gasteiger partial charge in [0.2, 0.25) is 0 Å². The first-order valence-corrected chi connectivity index (χ1v) is 9.14. The van der Waals surface area contributed by atoms with E-state index in [-0.39, 0.29) is 12.1 Å². The van der Waals surface area contributed by atoms with Crippen LogP contribution >= 0.6 is 0 Å². The smallest absolute Gasteiger partial charge is 0.162 e. The fourth-order valence-corrected chi connectivity index (χ4v) is 3.29. The first-order chi connectivity index (χ1) is 14.8. The Bertz CT molecular complexity index is 961. The van der Waals surface area contributed by atoms with E-state index in [2.05, 4.69) is 0 Å². The molecule has 178 valence electrons. The molecule has 0 bridgehead atoms. The van der Waals surface area contributed by atoms with Crippen LogP contribution in [0.2, 0.25) is 0 Å². The maximum absolute atomic E-state index is 14.1. The van der Waals surface area contributed by atoms with Gasteiger partial charge in [0.1, 0.15) is 35.5 Å². The van der Waals surface area contributed by atoms with Gasteiger partial charge in [-0.25, -0.2) is 26.3 Å². The van der Waals surface area contributed by atoms with Gasteiger partial charge in [0.05, 0.1) is 12.7 Å². The summed E-state index contributed by atoms with van der Waals surface area (Å²) in [6.45, 7) is -1.20. The van der Waals surface area contributed by atoms with E-state index >= 15 is 0 Å². The summed E-state index contributed by atoms with van der Waals surface area (Å²) in [6.07, 6.45) is -12.0. The highest BCUT2D eigenvalue weighted by Gasteiger charge is 2.49. The molecule has 2 aromatic rings. The van der Waals surface area contributed by atoms with Crippen LogP contribution in [-0.2, 0) is 12.8 Å². The zero-order valence-electron chi connectivity index (χ0n) is 16.2. The highest BCUT2D eigenvalue weighted by Crippen LogP contribution is 2.30. The second-order valence-corrected chi connectivity index (χ2v) is 7.30. The minimum Gasteiger partial charge on any atom is -0.394 e. The van der Waals surface area contributed by atoms with Crippen LogP contribution in [0.3, 0.4) is 0 Å². The molecule has 0 radical (unpaired) electrons. The van der Waals surface area contributed by atoms with Crippen LogP contribution in [0.5, 0.6) is 0 Å². The molecule has 0 saturated carbocycles. The number of benzene rings is 2. The first-order valence-electron chi connectivity index (χ1n) is 9.14. The Morgan fingerprint density at radius 1 is 0.688 bits per heavy atom. The highest BCUT2D eigenvalue weighted by molar-refractivity contribution is 5.25. The maximum atomic E-state index is 14.1. The fourth-order valence-electron chi connectivity index (χ4n) is 3.29. The van der Waals surface area contributed by atoms with Crippen LogP contribution in [-0.4, -0.2) is 67.3 Å². The summed E-state index contributed by atoms with van der Waals surface area (Å²) in [4.78, 5) is 0. The van der Waals surface area contributed by atoms with Crippen molar-refractivity contribution in [3.05, 3.63) is 70.3 Å². The van der Waals surface area contributed by atoms with Gasteiger partial charge in [-0.15, -0.1) is 0 Å². The standard InChI is InChI=1S/C20H20F6O6/c21-10-1-8(16(25)12(23)4-10)3-14(28)18(30)20(32,19(31)15(29)7-27)6-9-2-11(22)5-13(24)17(9)26/h1-2,4-5,14-15,18-19,27-32H,3,6-7H2/t14?,15-,18+,19+,20+/m0/s1. The van der Waals surface area contributed by atoms with E-state index in [4.69, 9.17) is 5.11 Å². The fraction of sp³-hybridized carbons (Fsp3) is 0.400. The summed E-state index contributed by atoms with van der Waals surface area (Å²) in [5.41, 5.74) is -4.88. The van der Waals surface area contributed by atoms with Crippen molar-refractivity contribution in [3.63, 3.8) is 0 Å². The highest BCUT2D eigenvalue weighted by atomic mass is 19.2. The Morgan fingerprint density at radius 3 is 1.62 bits per heavy atom. The second-order valence-electron chi connectivity index (χ2n) is 7.30. The summed E-state index contributed by atoms with van der Waals surface area (Å²) in [5.74, 6) is -9.11. The topological polar surface area (TPSA) is 121 Å². The number of hydrogen-bond acceptors (Lipinski definition) is 6. The minimum absolute atomic E-state index is 0.170. The van der Waals surface area contributed by atoms with Gasteiger partial charge in [-0.3, -0.25) is 0 Å². The molecular weight excluding hydrogens is 450 g/mol. The number of halogens is 6. The first kappa shape index (κ1) is 26.0. The van der Waals surface area contributed by atoms with Crippen molar-refractivity contribution in [1.29, 1.82) is 0 Å². The van der Waals surface area contributed by atoms with E-state index in [1.807, 2.05) is 0 Å². The molecule has 1 unspecified atom stereocenters. The summed E-state index contributed by atoms with van der Waals surface area (Å²) in [7, 11) is 0. The average Bonchev–Trinajstić information content (AvgIpc) is 2.73. The van der Waals surface area contributed by atoms with Crippen LogP contribution in [0.1, 0.15) is 11.1 Å². The largest absolute Gasteiger partial charge is 0.394 e. The molecule has 0 heterocycles. The molecule has 32 heavy (non-hydrogen) atoms. The van der Waals surface area contributed by atoms with Gasteiger partial charge < -0.3 is 30.6 Å². The van der Waals surface area contributed by atoms with Crippen LogP contribution in [0, 0.1) is 34.9 Å². The van der Waals surface area contributed by atoms with Gasteiger partial charge in [-0.05, 0) is 23.3 Å².